The van der Waals surface area contributed by atoms with Gasteiger partial charge in [-0.2, -0.15) is 0 Å². The quantitative estimate of drug-likeness (QED) is 0.833. The van der Waals surface area contributed by atoms with Gasteiger partial charge in [-0.15, -0.1) is 0 Å². The van der Waals surface area contributed by atoms with Crippen LogP contribution >= 0.6 is 0 Å². The number of hydrogen-bond donors (Lipinski definition) is 0. The lowest BCUT2D eigenvalue weighted by atomic mass is 9.87. The van der Waals surface area contributed by atoms with E-state index in [1.54, 1.807) is 6.20 Å². The average molecular weight is 344 g/mol. The van der Waals surface area contributed by atoms with Gasteiger partial charge in [0.1, 0.15) is 5.75 Å². The summed E-state index contributed by atoms with van der Waals surface area (Å²) in [6.07, 6.45) is 1.71. The molecule has 3 heterocycles. The molecular formula is C18H20N2O3S. The van der Waals surface area contributed by atoms with Gasteiger partial charge in [-0.3, -0.25) is 4.90 Å². The minimum atomic E-state index is -2.70. The molecule has 1 aromatic carbocycles. The van der Waals surface area contributed by atoms with Crippen LogP contribution in [0, 0.1) is 11.8 Å². The van der Waals surface area contributed by atoms with E-state index in [1.165, 1.54) is 5.56 Å². The average Bonchev–Trinajstić information content (AvgIpc) is 2.49. The zero-order chi connectivity index (χ0) is 16.6. The van der Waals surface area contributed by atoms with Gasteiger partial charge in [0, 0.05) is 31.9 Å². The number of hydrogen-bond acceptors (Lipinski definition) is 5. The molecule has 2 saturated heterocycles. The molecule has 4 rings (SSSR count). The number of sulfone groups is 1. The van der Waals surface area contributed by atoms with E-state index in [9.17, 15) is 8.42 Å². The Kier molecular flexibility index (Phi) is 4.02. The smallest absolute Gasteiger partial charge is 0.219 e. The van der Waals surface area contributed by atoms with Crippen molar-refractivity contribution in [2.75, 3.05) is 24.6 Å². The highest BCUT2D eigenvalue weighted by Crippen LogP contribution is 2.33. The molecule has 0 atom stereocenters. The van der Waals surface area contributed by atoms with Crippen LogP contribution in [0.25, 0.3) is 0 Å². The van der Waals surface area contributed by atoms with Gasteiger partial charge in [0.05, 0.1) is 11.5 Å². The number of benzene rings is 1. The number of pyridine rings is 1. The molecule has 0 radical (unpaired) electrons. The lowest BCUT2D eigenvalue weighted by Gasteiger charge is -2.46. The second kappa shape index (κ2) is 6.18. The fraction of sp³-hybridized carbons (Fsp3) is 0.389. The van der Waals surface area contributed by atoms with Gasteiger partial charge in [0.15, 0.2) is 9.84 Å². The molecule has 0 bridgehead atoms. The molecule has 0 spiro atoms. The normalized spacial score (nSPS) is 21.0. The van der Waals surface area contributed by atoms with Crippen LogP contribution < -0.4 is 4.74 Å². The zero-order valence-corrected chi connectivity index (χ0v) is 14.2. The Morgan fingerprint density at radius 2 is 1.92 bits per heavy atom. The van der Waals surface area contributed by atoms with E-state index in [2.05, 4.69) is 16.0 Å². The van der Waals surface area contributed by atoms with Gasteiger partial charge in [0.25, 0.3) is 0 Å². The van der Waals surface area contributed by atoms with Crippen LogP contribution in [0.4, 0.5) is 0 Å². The molecule has 24 heavy (non-hydrogen) atoms. The van der Waals surface area contributed by atoms with E-state index in [4.69, 9.17) is 4.74 Å². The second-order valence-electron chi connectivity index (χ2n) is 6.71. The van der Waals surface area contributed by atoms with Crippen LogP contribution in [0.5, 0.6) is 11.6 Å². The summed E-state index contributed by atoms with van der Waals surface area (Å²) < 4.78 is 28.3. The Hall–Kier alpha value is -1.92. The molecule has 6 heteroatoms. The predicted octanol–water partition coefficient (Wildman–Crippen LogP) is 2.35. The van der Waals surface area contributed by atoms with E-state index in [0.717, 1.165) is 25.4 Å². The first-order valence-electron chi connectivity index (χ1n) is 8.18. The second-order valence-corrected chi connectivity index (χ2v) is 8.86. The van der Waals surface area contributed by atoms with Gasteiger partial charge in [0.2, 0.25) is 5.88 Å². The molecule has 0 amide bonds. The van der Waals surface area contributed by atoms with Crippen LogP contribution in [0.15, 0.2) is 48.7 Å². The number of nitrogens with zero attached hydrogens (tertiary/aromatic N) is 2. The third-order valence-electron chi connectivity index (χ3n) is 4.75. The van der Waals surface area contributed by atoms with E-state index < -0.39 is 9.84 Å². The van der Waals surface area contributed by atoms with Crippen LogP contribution in [-0.4, -0.2) is 42.9 Å². The Morgan fingerprint density at radius 1 is 1.08 bits per heavy atom. The highest BCUT2D eigenvalue weighted by atomic mass is 32.2. The molecule has 5 nitrogen and oxygen atoms in total. The fourth-order valence-corrected chi connectivity index (χ4v) is 5.16. The molecule has 126 valence electrons. The maximum absolute atomic E-state index is 11.3. The highest BCUT2D eigenvalue weighted by Gasteiger charge is 2.43. The predicted molar refractivity (Wildman–Crippen MR) is 91.7 cm³/mol. The SMILES string of the molecule is O=S1(=O)CC(C2CN(Cc3cccc(Oc4ccccn4)c3)C2)C1. The molecule has 0 N–H and O–H groups in total. The van der Waals surface area contributed by atoms with Crippen molar-refractivity contribution in [2.45, 2.75) is 6.54 Å². The molecule has 0 saturated carbocycles. The Labute approximate surface area is 142 Å². The number of rotatable bonds is 5. The molecule has 0 aliphatic carbocycles. The minimum absolute atomic E-state index is 0.380. The highest BCUT2D eigenvalue weighted by molar-refractivity contribution is 7.92. The fourth-order valence-electron chi connectivity index (χ4n) is 3.41. The van der Waals surface area contributed by atoms with Crippen molar-refractivity contribution in [1.82, 2.24) is 9.88 Å². The van der Waals surface area contributed by atoms with Crippen LogP contribution in [0.1, 0.15) is 5.56 Å². The summed E-state index contributed by atoms with van der Waals surface area (Å²) in [7, 11) is -2.70. The number of ether oxygens (including phenoxy) is 1. The van der Waals surface area contributed by atoms with E-state index >= 15 is 0 Å². The van der Waals surface area contributed by atoms with Crippen molar-refractivity contribution in [3.05, 3.63) is 54.2 Å². The molecule has 1 aromatic heterocycles. The summed E-state index contributed by atoms with van der Waals surface area (Å²) in [5.41, 5.74) is 1.20. The summed E-state index contributed by atoms with van der Waals surface area (Å²) in [5, 5.41) is 0. The summed E-state index contributed by atoms with van der Waals surface area (Å²) in [5.74, 6) is 3.07. The minimum Gasteiger partial charge on any atom is -0.439 e. The summed E-state index contributed by atoms with van der Waals surface area (Å²) in [4.78, 5) is 6.52. The molecule has 2 aliphatic rings. The van der Waals surface area contributed by atoms with Gasteiger partial charge >= 0.3 is 0 Å². The zero-order valence-electron chi connectivity index (χ0n) is 13.3. The Morgan fingerprint density at radius 3 is 2.62 bits per heavy atom. The van der Waals surface area contributed by atoms with Crippen molar-refractivity contribution >= 4 is 9.84 Å². The van der Waals surface area contributed by atoms with Crippen molar-refractivity contribution in [1.29, 1.82) is 0 Å². The number of likely N-dealkylation sites (tertiary alicyclic amines) is 1. The molecule has 2 fully saturated rings. The molecule has 2 aliphatic heterocycles. The summed E-state index contributed by atoms with van der Waals surface area (Å²) in [6.45, 7) is 2.85. The summed E-state index contributed by atoms with van der Waals surface area (Å²) >= 11 is 0. The van der Waals surface area contributed by atoms with Crippen molar-refractivity contribution in [2.24, 2.45) is 11.8 Å². The first kappa shape index (κ1) is 15.6. The monoisotopic (exact) mass is 344 g/mol. The number of aromatic nitrogens is 1. The third kappa shape index (κ3) is 3.44. The van der Waals surface area contributed by atoms with Gasteiger partial charge in [-0.1, -0.05) is 18.2 Å². The Bertz CT molecular complexity index is 805. The standard InChI is InChI=1S/C18H20N2O3S/c21-24(22)12-16(13-24)15-10-20(11-15)9-14-4-3-5-17(8-14)23-18-6-1-2-7-19-18/h1-8,15-16H,9-13H2. The summed E-state index contributed by atoms with van der Waals surface area (Å²) in [6, 6.07) is 13.6. The van der Waals surface area contributed by atoms with Gasteiger partial charge in [-0.25, -0.2) is 13.4 Å². The Balaban J connectivity index is 1.31. The van der Waals surface area contributed by atoms with Gasteiger partial charge in [-0.05, 0) is 35.6 Å². The van der Waals surface area contributed by atoms with Crippen LogP contribution in [0.3, 0.4) is 0 Å². The maximum atomic E-state index is 11.3. The molecular weight excluding hydrogens is 324 g/mol. The maximum Gasteiger partial charge on any atom is 0.219 e. The molecule has 0 unspecified atom stereocenters. The van der Waals surface area contributed by atoms with Crippen LogP contribution in [-0.2, 0) is 16.4 Å². The van der Waals surface area contributed by atoms with Crippen molar-refractivity contribution < 1.29 is 13.2 Å². The topological polar surface area (TPSA) is 59.5 Å². The van der Waals surface area contributed by atoms with Gasteiger partial charge < -0.3 is 4.74 Å². The molecule has 2 aromatic rings. The van der Waals surface area contributed by atoms with E-state index in [1.807, 2.05) is 36.4 Å². The lowest BCUT2D eigenvalue weighted by Crippen LogP contribution is -2.55. The largest absolute Gasteiger partial charge is 0.439 e. The first-order valence-corrected chi connectivity index (χ1v) is 10.0. The first-order chi connectivity index (χ1) is 11.6. The van der Waals surface area contributed by atoms with E-state index in [0.29, 0.717) is 29.2 Å². The van der Waals surface area contributed by atoms with E-state index in [-0.39, 0.29) is 0 Å². The van der Waals surface area contributed by atoms with Crippen LogP contribution in [0.2, 0.25) is 0 Å². The van der Waals surface area contributed by atoms with Crippen molar-refractivity contribution in [3.63, 3.8) is 0 Å². The third-order valence-corrected chi connectivity index (χ3v) is 6.62. The van der Waals surface area contributed by atoms with Crippen molar-refractivity contribution in [3.8, 4) is 11.6 Å². The lowest BCUT2D eigenvalue weighted by molar-refractivity contribution is 0.0589.